The fourth-order valence-electron chi connectivity index (χ4n) is 0.622. The molecule has 0 saturated carbocycles. The Hall–Kier alpha value is -0.970. The lowest BCUT2D eigenvalue weighted by Crippen LogP contribution is -1.90. The SMILES string of the molecule is Nc1c(O)c(O)cc(F)c1Br. The van der Waals surface area contributed by atoms with E-state index in [1.54, 1.807) is 0 Å². The number of hydrogen-bond donors (Lipinski definition) is 3. The van der Waals surface area contributed by atoms with E-state index >= 15 is 0 Å². The number of hydrogen-bond acceptors (Lipinski definition) is 3. The Morgan fingerprint density at radius 2 is 2.00 bits per heavy atom. The molecule has 11 heavy (non-hydrogen) atoms. The highest BCUT2D eigenvalue weighted by Crippen LogP contribution is 2.38. The van der Waals surface area contributed by atoms with Gasteiger partial charge in [0.1, 0.15) is 5.82 Å². The topological polar surface area (TPSA) is 66.5 Å². The summed E-state index contributed by atoms with van der Waals surface area (Å²) in [5, 5.41) is 17.8. The minimum absolute atomic E-state index is 0.0483. The Bertz CT molecular complexity index is 277. The smallest absolute Gasteiger partial charge is 0.182 e. The van der Waals surface area contributed by atoms with Crippen molar-refractivity contribution < 1.29 is 14.6 Å². The van der Waals surface area contributed by atoms with Gasteiger partial charge in [-0.2, -0.15) is 0 Å². The van der Waals surface area contributed by atoms with Crippen molar-refractivity contribution in [1.82, 2.24) is 0 Å². The van der Waals surface area contributed by atoms with Crippen molar-refractivity contribution in [3.05, 3.63) is 16.4 Å². The first-order chi connectivity index (χ1) is 5.04. The monoisotopic (exact) mass is 221 g/mol. The third-order valence-corrected chi connectivity index (χ3v) is 2.01. The predicted molar refractivity (Wildman–Crippen MR) is 41.8 cm³/mol. The second-order valence-electron chi connectivity index (χ2n) is 1.95. The molecule has 1 rings (SSSR count). The van der Waals surface area contributed by atoms with Crippen molar-refractivity contribution in [2.24, 2.45) is 0 Å². The lowest BCUT2D eigenvalue weighted by atomic mass is 10.2. The molecule has 0 aromatic heterocycles. The van der Waals surface area contributed by atoms with Crippen LogP contribution in [0.3, 0.4) is 0 Å². The molecule has 1 aromatic rings. The molecule has 0 aliphatic heterocycles. The number of phenols is 2. The number of nitrogen functional groups attached to an aromatic ring is 1. The maximum absolute atomic E-state index is 12.6. The van der Waals surface area contributed by atoms with Crippen LogP contribution >= 0.6 is 15.9 Å². The summed E-state index contributed by atoms with van der Waals surface area (Å²) in [5.74, 6) is -1.79. The molecular formula is C6H5BrFNO2. The summed E-state index contributed by atoms with van der Waals surface area (Å²) in [6.07, 6.45) is 0. The van der Waals surface area contributed by atoms with Crippen LogP contribution in [0.5, 0.6) is 11.5 Å². The average molecular weight is 222 g/mol. The normalized spacial score (nSPS) is 10.0. The van der Waals surface area contributed by atoms with Crippen LogP contribution in [-0.4, -0.2) is 10.2 Å². The van der Waals surface area contributed by atoms with Crippen LogP contribution < -0.4 is 5.73 Å². The van der Waals surface area contributed by atoms with Gasteiger partial charge in [0.15, 0.2) is 11.5 Å². The molecule has 0 atom stereocenters. The van der Waals surface area contributed by atoms with Crippen LogP contribution in [-0.2, 0) is 0 Å². The first-order valence-electron chi connectivity index (χ1n) is 2.69. The third-order valence-electron chi connectivity index (χ3n) is 1.21. The zero-order valence-electron chi connectivity index (χ0n) is 5.31. The van der Waals surface area contributed by atoms with Crippen molar-refractivity contribution in [1.29, 1.82) is 0 Å². The molecule has 0 heterocycles. The average Bonchev–Trinajstić information content (AvgIpc) is 1.97. The summed E-state index contributed by atoms with van der Waals surface area (Å²) >= 11 is 2.79. The van der Waals surface area contributed by atoms with Crippen molar-refractivity contribution in [2.75, 3.05) is 5.73 Å². The first kappa shape index (κ1) is 8.13. The van der Waals surface area contributed by atoms with Crippen LogP contribution in [0, 0.1) is 5.82 Å². The molecule has 0 saturated heterocycles. The number of nitrogens with two attached hydrogens (primary N) is 1. The van der Waals surface area contributed by atoms with E-state index in [4.69, 9.17) is 15.9 Å². The fraction of sp³-hybridized carbons (Fsp3) is 0. The molecule has 0 spiro atoms. The third kappa shape index (κ3) is 1.23. The zero-order chi connectivity index (χ0) is 8.59. The van der Waals surface area contributed by atoms with Gasteiger partial charge in [-0.05, 0) is 15.9 Å². The summed E-state index contributed by atoms with van der Waals surface area (Å²) in [7, 11) is 0. The highest BCUT2D eigenvalue weighted by molar-refractivity contribution is 9.10. The molecule has 0 amide bonds. The minimum atomic E-state index is -0.710. The lowest BCUT2D eigenvalue weighted by molar-refractivity contribution is 0.401. The Morgan fingerprint density at radius 3 is 2.55 bits per heavy atom. The largest absolute Gasteiger partial charge is 0.504 e. The van der Waals surface area contributed by atoms with Gasteiger partial charge in [-0.15, -0.1) is 0 Å². The van der Waals surface area contributed by atoms with Gasteiger partial charge in [0, 0.05) is 6.07 Å². The molecule has 0 radical (unpaired) electrons. The Labute approximate surface area is 70.4 Å². The summed E-state index contributed by atoms with van der Waals surface area (Å²) in [6.45, 7) is 0. The van der Waals surface area contributed by atoms with Gasteiger partial charge < -0.3 is 15.9 Å². The number of halogens is 2. The van der Waals surface area contributed by atoms with E-state index in [0.29, 0.717) is 0 Å². The molecular weight excluding hydrogens is 217 g/mol. The second kappa shape index (κ2) is 2.58. The Kier molecular flexibility index (Phi) is 1.90. The molecule has 0 unspecified atom stereocenters. The van der Waals surface area contributed by atoms with E-state index in [2.05, 4.69) is 15.9 Å². The fourth-order valence-corrected chi connectivity index (χ4v) is 0.925. The predicted octanol–water partition coefficient (Wildman–Crippen LogP) is 1.58. The van der Waals surface area contributed by atoms with Gasteiger partial charge in [0.2, 0.25) is 0 Å². The quantitative estimate of drug-likeness (QED) is 0.461. The van der Waals surface area contributed by atoms with E-state index in [0.717, 1.165) is 6.07 Å². The van der Waals surface area contributed by atoms with Gasteiger partial charge >= 0.3 is 0 Å². The number of aromatic hydroxyl groups is 2. The maximum Gasteiger partial charge on any atom is 0.182 e. The lowest BCUT2D eigenvalue weighted by Gasteiger charge is -2.03. The van der Waals surface area contributed by atoms with Gasteiger partial charge in [0.05, 0.1) is 10.2 Å². The molecule has 1 aromatic carbocycles. The highest BCUT2D eigenvalue weighted by atomic mass is 79.9. The van der Waals surface area contributed by atoms with Crippen LogP contribution in [0.25, 0.3) is 0 Å². The molecule has 4 N–H and O–H groups in total. The molecule has 0 fully saturated rings. The number of benzene rings is 1. The number of phenolic OH excluding ortho intramolecular Hbond substituents is 2. The van der Waals surface area contributed by atoms with Crippen LogP contribution in [0.2, 0.25) is 0 Å². The van der Waals surface area contributed by atoms with E-state index < -0.39 is 17.3 Å². The van der Waals surface area contributed by atoms with E-state index in [-0.39, 0.29) is 10.2 Å². The standard InChI is InChI=1S/C6H5BrFNO2/c7-4-2(8)1-3(10)6(11)5(4)9/h1,10-11H,9H2. The van der Waals surface area contributed by atoms with Crippen LogP contribution in [0.15, 0.2) is 10.5 Å². The second-order valence-corrected chi connectivity index (χ2v) is 2.75. The molecule has 5 heteroatoms. The first-order valence-corrected chi connectivity index (χ1v) is 3.48. The summed E-state index contributed by atoms with van der Waals surface area (Å²) < 4.78 is 12.6. The molecule has 60 valence electrons. The van der Waals surface area contributed by atoms with Crippen molar-refractivity contribution in [3.8, 4) is 11.5 Å². The Morgan fingerprint density at radius 1 is 1.45 bits per heavy atom. The molecule has 0 bridgehead atoms. The number of anilines is 1. The maximum atomic E-state index is 12.6. The summed E-state index contributed by atoms with van der Waals surface area (Å²) in [4.78, 5) is 0. The molecule has 3 nitrogen and oxygen atoms in total. The van der Waals surface area contributed by atoms with Gasteiger partial charge in [-0.3, -0.25) is 0 Å². The van der Waals surface area contributed by atoms with Gasteiger partial charge in [0.25, 0.3) is 0 Å². The zero-order valence-corrected chi connectivity index (χ0v) is 6.89. The van der Waals surface area contributed by atoms with E-state index in [9.17, 15) is 4.39 Å². The van der Waals surface area contributed by atoms with Crippen LogP contribution in [0.1, 0.15) is 0 Å². The summed E-state index contributed by atoms with van der Waals surface area (Å²) in [5.41, 5.74) is 4.98. The number of rotatable bonds is 0. The van der Waals surface area contributed by atoms with Crippen molar-refractivity contribution >= 4 is 21.6 Å². The molecule has 0 aliphatic rings. The Balaban J connectivity index is 3.46. The van der Waals surface area contributed by atoms with Gasteiger partial charge in [-0.25, -0.2) is 4.39 Å². The minimum Gasteiger partial charge on any atom is -0.504 e. The van der Waals surface area contributed by atoms with E-state index in [1.807, 2.05) is 0 Å². The van der Waals surface area contributed by atoms with Crippen molar-refractivity contribution in [3.63, 3.8) is 0 Å². The molecule has 0 aliphatic carbocycles. The van der Waals surface area contributed by atoms with Gasteiger partial charge in [-0.1, -0.05) is 0 Å². The summed E-state index contributed by atoms with van der Waals surface area (Å²) in [6, 6.07) is 0.774. The van der Waals surface area contributed by atoms with Crippen LogP contribution in [0.4, 0.5) is 10.1 Å². The highest BCUT2D eigenvalue weighted by Gasteiger charge is 2.12. The van der Waals surface area contributed by atoms with Crippen molar-refractivity contribution in [2.45, 2.75) is 0 Å². The van der Waals surface area contributed by atoms with E-state index in [1.165, 1.54) is 0 Å².